The van der Waals surface area contributed by atoms with Gasteiger partial charge in [0, 0.05) is 0 Å². The van der Waals surface area contributed by atoms with Crippen LogP contribution >= 0.6 is 0 Å². The molecule has 0 amide bonds. The van der Waals surface area contributed by atoms with Gasteiger partial charge in [-0.3, -0.25) is 0 Å². The molecule has 0 fully saturated rings. The molecule has 6 heteroatoms. The highest BCUT2D eigenvalue weighted by molar-refractivity contribution is 6.11. The van der Waals surface area contributed by atoms with Crippen LogP contribution < -0.4 is 4.74 Å². The van der Waals surface area contributed by atoms with Crippen LogP contribution in [-0.4, -0.2) is 11.9 Å². The van der Waals surface area contributed by atoms with E-state index >= 15 is 0 Å². The minimum absolute atomic E-state index is 0.149. The van der Waals surface area contributed by atoms with Crippen LogP contribution in [0.2, 0.25) is 0 Å². The molecule has 0 bridgehead atoms. The highest BCUT2D eigenvalue weighted by Crippen LogP contribution is 2.21. The summed E-state index contributed by atoms with van der Waals surface area (Å²) in [5.74, 6) is 0.402. The lowest BCUT2D eigenvalue weighted by Crippen LogP contribution is -2.04. The molecule has 5 nitrogen and oxygen atoms in total. The average Bonchev–Trinajstić information content (AvgIpc) is 3.33. The quantitative estimate of drug-likeness (QED) is 0.500. The van der Waals surface area contributed by atoms with Crippen molar-refractivity contribution in [3.8, 4) is 5.75 Å². The van der Waals surface area contributed by atoms with Crippen molar-refractivity contribution in [3.63, 3.8) is 0 Å². The zero-order valence-electron chi connectivity index (χ0n) is 14.1. The van der Waals surface area contributed by atoms with Gasteiger partial charge in [0.2, 0.25) is 0 Å². The Labute approximate surface area is 154 Å². The molecule has 134 valence electrons. The van der Waals surface area contributed by atoms with Crippen LogP contribution in [0.15, 0.2) is 82.0 Å². The van der Waals surface area contributed by atoms with E-state index in [1.54, 1.807) is 54.6 Å². The second-order valence-electron chi connectivity index (χ2n) is 5.80. The molecule has 2 aromatic carbocycles. The molecular formula is C21H14FNO4. The number of furan rings is 1. The standard InChI is InChI=1S/C21H14FNO4/c22-16-7-3-15(4-8-16)13-26-17-9-5-14(6-10-17)12-18-21(24)27-20(23-18)19-2-1-11-25-19/h1-12H,13H2/b18-12-. The topological polar surface area (TPSA) is 61.0 Å². The Morgan fingerprint density at radius 1 is 1.04 bits per heavy atom. The first kappa shape index (κ1) is 16.8. The van der Waals surface area contributed by atoms with Crippen LogP contribution in [0.25, 0.3) is 6.08 Å². The maximum Gasteiger partial charge on any atom is 0.363 e. The molecule has 0 unspecified atom stereocenters. The van der Waals surface area contributed by atoms with Gasteiger partial charge in [0.15, 0.2) is 11.5 Å². The first-order valence-electron chi connectivity index (χ1n) is 8.21. The van der Waals surface area contributed by atoms with E-state index in [0.717, 1.165) is 11.1 Å². The van der Waals surface area contributed by atoms with Crippen LogP contribution in [0.1, 0.15) is 16.9 Å². The number of carbonyl (C=O) groups excluding carboxylic acids is 1. The fourth-order valence-corrected chi connectivity index (χ4v) is 2.48. The van der Waals surface area contributed by atoms with Gasteiger partial charge >= 0.3 is 5.97 Å². The lowest BCUT2D eigenvalue weighted by molar-refractivity contribution is -0.130. The predicted octanol–water partition coefficient (Wildman–Crippen LogP) is 4.34. The normalized spacial score (nSPS) is 14.9. The van der Waals surface area contributed by atoms with Gasteiger partial charge in [0.1, 0.15) is 18.2 Å². The van der Waals surface area contributed by atoms with E-state index in [0.29, 0.717) is 18.1 Å². The number of ether oxygens (including phenoxy) is 2. The molecule has 0 saturated heterocycles. The van der Waals surface area contributed by atoms with E-state index in [2.05, 4.69) is 4.99 Å². The fourth-order valence-electron chi connectivity index (χ4n) is 2.48. The number of nitrogens with zero attached hydrogens (tertiary/aromatic N) is 1. The summed E-state index contributed by atoms with van der Waals surface area (Å²) in [5, 5.41) is 0. The van der Waals surface area contributed by atoms with Crippen LogP contribution in [0.5, 0.6) is 5.75 Å². The van der Waals surface area contributed by atoms with Crippen molar-refractivity contribution in [2.75, 3.05) is 0 Å². The molecule has 1 aliphatic rings. The van der Waals surface area contributed by atoms with Crippen molar-refractivity contribution in [1.29, 1.82) is 0 Å². The summed E-state index contributed by atoms with van der Waals surface area (Å²) >= 11 is 0. The van der Waals surface area contributed by atoms with Gasteiger partial charge in [0.05, 0.1) is 6.26 Å². The van der Waals surface area contributed by atoms with E-state index in [1.807, 2.05) is 0 Å². The summed E-state index contributed by atoms with van der Waals surface area (Å²) in [6, 6.07) is 16.7. The second-order valence-corrected chi connectivity index (χ2v) is 5.80. The van der Waals surface area contributed by atoms with E-state index in [-0.39, 0.29) is 17.4 Å². The SMILES string of the molecule is O=C1OC(c2ccco2)=N/C1=C\c1ccc(OCc2ccc(F)cc2)cc1. The Morgan fingerprint density at radius 3 is 2.52 bits per heavy atom. The van der Waals surface area contributed by atoms with Crippen molar-refractivity contribution >= 4 is 17.9 Å². The van der Waals surface area contributed by atoms with Gasteiger partial charge in [-0.2, -0.15) is 0 Å². The molecule has 0 saturated carbocycles. The van der Waals surface area contributed by atoms with Crippen LogP contribution in [0.4, 0.5) is 4.39 Å². The summed E-state index contributed by atoms with van der Waals surface area (Å²) in [6.45, 7) is 0.337. The van der Waals surface area contributed by atoms with Crippen LogP contribution in [-0.2, 0) is 16.1 Å². The molecule has 1 aliphatic heterocycles. The number of rotatable bonds is 5. The number of halogens is 1. The minimum atomic E-state index is -0.530. The van der Waals surface area contributed by atoms with Gasteiger partial charge in [0.25, 0.3) is 5.90 Å². The number of cyclic esters (lactones) is 1. The first-order chi connectivity index (χ1) is 13.2. The Kier molecular flexibility index (Phi) is 4.53. The highest BCUT2D eigenvalue weighted by atomic mass is 19.1. The van der Waals surface area contributed by atoms with Gasteiger partial charge in [-0.1, -0.05) is 24.3 Å². The largest absolute Gasteiger partial charge is 0.489 e. The van der Waals surface area contributed by atoms with Gasteiger partial charge in [-0.15, -0.1) is 0 Å². The molecular weight excluding hydrogens is 349 g/mol. The third kappa shape index (κ3) is 3.95. The Bertz CT molecular complexity index is 1000. The van der Waals surface area contributed by atoms with Crippen molar-refractivity contribution in [1.82, 2.24) is 0 Å². The maximum absolute atomic E-state index is 12.9. The molecule has 1 aromatic heterocycles. The van der Waals surface area contributed by atoms with Crippen LogP contribution in [0, 0.1) is 5.82 Å². The Morgan fingerprint density at radius 2 is 1.81 bits per heavy atom. The lowest BCUT2D eigenvalue weighted by atomic mass is 10.2. The lowest BCUT2D eigenvalue weighted by Gasteiger charge is -2.06. The molecule has 3 aromatic rings. The number of hydrogen-bond donors (Lipinski definition) is 0. The summed E-state index contributed by atoms with van der Waals surface area (Å²) < 4.78 is 28.9. The number of aliphatic imine (C=N–C) groups is 1. The zero-order chi connectivity index (χ0) is 18.6. The third-order valence-electron chi connectivity index (χ3n) is 3.85. The minimum Gasteiger partial charge on any atom is -0.489 e. The number of esters is 1. The number of carbonyl (C=O) groups is 1. The third-order valence-corrected chi connectivity index (χ3v) is 3.85. The molecule has 2 heterocycles. The van der Waals surface area contributed by atoms with E-state index < -0.39 is 5.97 Å². The predicted molar refractivity (Wildman–Crippen MR) is 96.5 cm³/mol. The van der Waals surface area contributed by atoms with Crippen molar-refractivity contribution in [2.24, 2.45) is 4.99 Å². The van der Waals surface area contributed by atoms with Gasteiger partial charge in [-0.25, -0.2) is 14.2 Å². The maximum atomic E-state index is 12.9. The first-order valence-corrected chi connectivity index (χ1v) is 8.21. The monoisotopic (exact) mass is 363 g/mol. The summed E-state index contributed by atoms with van der Waals surface area (Å²) in [4.78, 5) is 16.1. The smallest absolute Gasteiger partial charge is 0.363 e. The van der Waals surface area contributed by atoms with Crippen molar-refractivity contribution in [2.45, 2.75) is 6.61 Å². The molecule has 27 heavy (non-hydrogen) atoms. The molecule has 0 atom stereocenters. The van der Waals surface area contributed by atoms with Gasteiger partial charge in [-0.05, 0) is 53.6 Å². The second kappa shape index (κ2) is 7.29. The molecule has 4 rings (SSSR count). The molecule has 0 spiro atoms. The average molecular weight is 363 g/mol. The van der Waals surface area contributed by atoms with Crippen molar-refractivity contribution in [3.05, 3.63) is 95.3 Å². The number of hydrogen-bond acceptors (Lipinski definition) is 5. The Balaban J connectivity index is 1.43. The zero-order valence-corrected chi connectivity index (χ0v) is 14.1. The van der Waals surface area contributed by atoms with Gasteiger partial charge < -0.3 is 13.9 Å². The van der Waals surface area contributed by atoms with E-state index in [1.165, 1.54) is 18.4 Å². The highest BCUT2D eigenvalue weighted by Gasteiger charge is 2.25. The molecule has 0 aliphatic carbocycles. The van der Waals surface area contributed by atoms with Crippen molar-refractivity contribution < 1.29 is 23.1 Å². The molecule has 0 N–H and O–H groups in total. The fraction of sp³-hybridized carbons (Fsp3) is 0.0476. The summed E-state index contributed by atoms with van der Waals surface area (Å²) in [6.07, 6.45) is 3.11. The number of benzene rings is 2. The Hall–Kier alpha value is -3.67. The van der Waals surface area contributed by atoms with E-state index in [9.17, 15) is 9.18 Å². The summed E-state index contributed by atoms with van der Waals surface area (Å²) in [7, 11) is 0. The molecule has 0 radical (unpaired) electrons. The van der Waals surface area contributed by atoms with Crippen LogP contribution in [0.3, 0.4) is 0 Å². The summed E-state index contributed by atoms with van der Waals surface area (Å²) in [5.41, 5.74) is 1.85. The van der Waals surface area contributed by atoms with E-state index in [4.69, 9.17) is 13.9 Å².